The van der Waals surface area contributed by atoms with Gasteiger partial charge in [-0.25, -0.2) is 5.01 Å². The number of fused-ring (bicyclic) bond motifs is 3. The third-order valence-corrected chi connectivity index (χ3v) is 5.22. The lowest BCUT2D eigenvalue weighted by Crippen LogP contribution is -2.56. The SMILES string of the molecule is CC(C)=CC(=O)N1N=Cc2cc(Br)ccc2C12C(=O)c1ccccc1C2=O. The van der Waals surface area contributed by atoms with Gasteiger partial charge in [-0.2, -0.15) is 5.10 Å². The molecule has 1 aliphatic carbocycles. The molecule has 2 aromatic rings. The van der Waals surface area contributed by atoms with Crippen LogP contribution in [0.3, 0.4) is 0 Å². The number of carbonyl (C=O) groups is 3. The molecule has 0 aromatic heterocycles. The highest BCUT2D eigenvalue weighted by Crippen LogP contribution is 2.45. The van der Waals surface area contributed by atoms with Gasteiger partial charge in [-0.3, -0.25) is 14.4 Å². The molecule has 0 N–H and O–H groups in total. The normalized spacial score (nSPS) is 16.3. The molecule has 134 valence electrons. The van der Waals surface area contributed by atoms with Gasteiger partial charge in [0.25, 0.3) is 5.91 Å². The summed E-state index contributed by atoms with van der Waals surface area (Å²) in [5, 5.41) is 5.26. The summed E-state index contributed by atoms with van der Waals surface area (Å²) >= 11 is 3.40. The predicted octanol–water partition coefficient (Wildman–Crippen LogP) is 3.87. The summed E-state index contributed by atoms with van der Waals surface area (Å²) in [5.74, 6) is -1.37. The number of Topliss-reactive ketones (excluding diaryl/α,β-unsaturated/α-hetero) is 2. The van der Waals surface area contributed by atoms with Crippen LogP contribution in [0.25, 0.3) is 0 Å². The number of hydrogen-bond donors (Lipinski definition) is 0. The number of amides is 1. The van der Waals surface area contributed by atoms with Crippen molar-refractivity contribution in [2.75, 3.05) is 0 Å². The quantitative estimate of drug-likeness (QED) is 0.517. The van der Waals surface area contributed by atoms with Gasteiger partial charge in [0.15, 0.2) is 0 Å². The van der Waals surface area contributed by atoms with Crippen LogP contribution >= 0.6 is 15.9 Å². The summed E-state index contributed by atoms with van der Waals surface area (Å²) < 4.78 is 0.794. The van der Waals surface area contributed by atoms with Crippen molar-refractivity contribution < 1.29 is 14.4 Å². The van der Waals surface area contributed by atoms with E-state index in [1.807, 2.05) is 0 Å². The molecule has 4 rings (SSSR count). The van der Waals surface area contributed by atoms with Crippen LogP contribution < -0.4 is 0 Å². The number of hydrazone groups is 1. The molecule has 2 aromatic carbocycles. The Bertz CT molecular complexity index is 1050. The third kappa shape index (κ3) is 2.36. The smallest absolute Gasteiger partial charge is 0.268 e. The van der Waals surface area contributed by atoms with Crippen molar-refractivity contribution in [3.05, 3.63) is 80.8 Å². The van der Waals surface area contributed by atoms with E-state index < -0.39 is 23.0 Å². The standard InChI is InChI=1S/C21H15BrN2O3/c1-12(2)9-18(25)24-21(17-8-7-14(22)10-13(17)11-23-24)19(26)15-5-3-4-6-16(15)20(21)27/h3-11H,1-2H3. The van der Waals surface area contributed by atoms with E-state index in [2.05, 4.69) is 21.0 Å². The predicted molar refractivity (Wildman–Crippen MR) is 105 cm³/mol. The van der Waals surface area contributed by atoms with Crippen LogP contribution in [0.2, 0.25) is 0 Å². The first-order valence-electron chi connectivity index (χ1n) is 8.39. The van der Waals surface area contributed by atoms with E-state index in [-0.39, 0.29) is 0 Å². The maximum absolute atomic E-state index is 13.5. The molecule has 0 unspecified atom stereocenters. The minimum Gasteiger partial charge on any atom is -0.290 e. The summed E-state index contributed by atoms with van der Waals surface area (Å²) in [4.78, 5) is 39.9. The van der Waals surface area contributed by atoms with E-state index >= 15 is 0 Å². The van der Waals surface area contributed by atoms with Crippen LogP contribution in [0.15, 0.2) is 63.7 Å². The lowest BCUT2D eigenvalue weighted by molar-refractivity contribution is -0.130. The Labute approximate surface area is 164 Å². The number of allylic oxidation sites excluding steroid dienone is 1. The first-order chi connectivity index (χ1) is 12.9. The zero-order chi connectivity index (χ0) is 19.3. The van der Waals surface area contributed by atoms with Crippen LogP contribution in [0.4, 0.5) is 0 Å². The van der Waals surface area contributed by atoms with Gasteiger partial charge >= 0.3 is 0 Å². The van der Waals surface area contributed by atoms with E-state index in [0.717, 1.165) is 15.1 Å². The largest absolute Gasteiger partial charge is 0.290 e. The lowest BCUT2D eigenvalue weighted by atomic mass is 9.80. The summed E-state index contributed by atoms with van der Waals surface area (Å²) in [6.45, 7) is 3.55. The number of nitrogens with zero attached hydrogens (tertiary/aromatic N) is 2. The number of hydrogen-bond acceptors (Lipinski definition) is 4. The van der Waals surface area contributed by atoms with E-state index in [4.69, 9.17) is 0 Å². The van der Waals surface area contributed by atoms with Gasteiger partial charge in [0.05, 0.1) is 6.21 Å². The molecule has 5 nitrogen and oxygen atoms in total. The second kappa shape index (κ2) is 6.09. The van der Waals surface area contributed by atoms with Gasteiger partial charge in [0.2, 0.25) is 17.1 Å². The molecule has 0 radical (unpaired) electrons. The molecule has 0 saturated carbocycles. The van der Waals surface area contributed by atoms with Crippen LogP contribution in [0.5, 0.6) is 0 Å². The van der Waals surface area contributed by atoms with E-state index in [9.17, 15) is 14.4 Å². The second-order valence-electron chi connectivity index (χ2n) is 6.76. The van der Waals surface area contributed by atoms with Crippen molar-refractivity contribution in [1.29, 1.82) is 0 Å². The van der Waals surface area contributed by atoms with Gasteiger partial charge in [-0.05, 0) is 26.0 Å². The Hall–Kier alpha value is -2.86. The Morgan fingerprint density at radius 1 is 1.07 bits per heavy atom. The zero-order valence-electron chi connectivity index (χ0n) is 14.7. The average Bonchev–Trinajstić information content (AvgIpc) is 2.85. The molecule has 27 heavy (non-hydrogen) atoms. The van der Waals surface area contributed by atoms with Crippen molar-refractivity contribution in [3.63, 3.8) is 0 Å². The Morgan fingerprint density at radius 3 is 2.30 bits per heavy atom. The van der Waals surface area contributed by atoms with Gasteiger partial charge in [0, 0.05) is 32.8 Å². The van der Waals surface area contributed by atoms with Crippen molar-refractivity contribution in [1.82, 2.24) is 5.01 Å². The topological polar surface area (TPSA) is 66.8 Å². The van der Waals surface area contributed by atoms with Crippen molar-refractivity contribution in [2.45, 2.75) is 19.4 Å². The fourth-order valence-corrected chi connectivity index (χ4v) is 4.01. The molecule has 0 fully saturated rings. The fourth-order valence-electron chi connectivity index (χ4n) is 3.63. The number of halogens is 1. The maximum Gasteiger partial charge on any atom is 0.268 e. The molecule has 0 atom stereocenters. The first-order valence-corrected chi connectivity index (χ1v) is 9.18. The number of carbonyl (C=O) groups excluding carboxylic acids is 3. The first kappa shape index (κ1) is 17.5. The molecule has 1 amide bonds. The summed E-state index contributed by atoms with van der Waals surface area (Å²) in [6.07, 6.45) is 2.89. The van der Waals surface area contributed by atoms with Crippen LogP contribution in [0.1, 0.15) is 45.7 Å². The van der Waals surface area contributed by atoms with Gasteiger partial charge in [0.1, 0.15) is 0 Å². The van der Waals surface area contributed by atoms with Gasteiger partial charge in [-0.15, -0.1) is 0 Å². The van der Waals surface area contributed by atoms with Gasteiger partial charge < -0.3 is 0 Å². The zero-order valence-corrected chi connectivity index (χ0v) is 16.3. The Morgan fingerprint density at radius 2 is 1.70 bits per heavy atom. The average molecular weight is 423 g/mol. The minimum absolute atomic E-state index is 0.309. The number of benzene rings is 2. The minimum atomic E-state index is -1.81. The summed E-state index contributed by atoms with van der Waals surface area (Å²) in [5.41, 5.74) is 0.647. The lowest BCUT2D eigenvalue weighted by Gasteiger charge is -2.38. The van der Waals surface area contributed by atoms with E-state index in [1.54, 1.807) is 56.3 Å². The van der Waals surface area contributed by atoms with Gasteiger partial charge in [-0.1, -0.05) is 51.8 Å². The Kier molecular flexibility index (Phi) is 3.96. The van der Waals surface area contributed by atoms with E-state index in [0.29, 0.717) is 22.3 Å². The molecule has 0 bridgehead atoms. The van der Waals surface area contributed by atoms with Crippen molar-refractivity contribution in [3.8, 4) is 0 Å². The van der Waals surface area contributed by atoms with E-state index in [1.165, 1.54) is 12.3 Å². The fraction of sp³-hybridized carbons (Fsp3) is 0.143. The molecule has 0 saturated heterocycles. The second-order valence-corrected chi connectivity index (χ2v) is 7.68. The maximum atomic E-state index is 13.5. The monoisotopic (exact) mass is 422 g/mol. The highest BCUT2D eigenvalue weighted by molar-refractivity contribution is 9.10. The van der Waals surface area contributed by atoms with Crippen LogP contribution in [0, 0.1) is 0 Å². The molecular formula is C21H15BrN2O3. The van der Waals surface area contributed by atoms with Crippen LogP contribution in [-0.4, -0.2) is 28.7 Å². The molecule has 2 aliphatic rings. The van der Waals surface area contributed by atoms with Crippen molar-refractivity contribution >= 4 is 39.6 Å². The summed E-state index contributed by atoms with van der Waals surface area (Å²) in [6, 6.07) is 11.9. The molecule has 1 aliphatic heterocycles. The molecule has 6 heteroatoms. The van der Waals surface area contributed by atoms with Crippen molar-refractivity contribution in [2.24, 2.45) is 5.10 Å². The summed E-state index contributed by atoms with van der Waals surface area (Å²) in [7, 11) is 0. The highest BCUT2D eigenvalue weighted by atomic mass is 79.9. The molecular weight excluding hydrogens is 408 g/mol. The van der Waals surface area contributed by atoms with Crippen LogP contribution in [-0.2, 0) is 10.3 Å². The third-order valence-electron chi connectivity index (χ3n) is 4.73. The highest BCUT2D eigenvalue weighted by Gasteiger charge is 2.61. The molecule has 1 heterocycles. The Balaban J connectivity index is 2.03. The number of rotatable bonds is 1. The number of ketones is 2. The molecule has 1 spiro atoms.